The fourth-order valence-electron chi connectivity index (χ4n) is 2.34. The molecule has 22 heavy (non-hydrogen) atoms. The number of aromatic nitrogens is 3. The van der Waals surface area contributed by atoms with E-state index in [0.29, 0.717) is 12.1 Å². The number of fused-ring (bicyclic) bond motifs is 1. The molecule has 5 heteroatoms. The highest BCUT2D eigenvalue weighted by atomic mass is 16.1. The van der Waals surface area contributed by atoms with Crippen molar-refractivity contribution in [2.24, 2.45) is 0 Å². The lowest BCUT2D eigenvalue weighted by molar-refractivity contribution is 0.0952. The standard InChI is InChI=1S/C17H18N4O/c1-13-7-8-14(11-19-13)17(22)18-9-4-10-21-12-20-15-5-2-3-6-16(15)21/h2-3,5-8,11-12H,4,9-10H2,1H3,(H,18,22). The second kappa shape index (κ2) is 6.39. The molecular formula is C17H18N4O. The number of carbonyl (C=O) groups is 1. The first kappa shape index (κ1) is 14.3. The summed E-state index contributed by atoms with van der Waals surface area (Å²) in [5.74, 6) is -0.0806. The Bertz CT molecular complexity index is 777. The quantitative estimate of drug-likeness (QED) is 0.736. The van der Waals surface area contributed by atoms with Crippen molar-refractivity contribution in [2.45, 2.75) is 19.9 Å². The molecule has 3 aromatic rings. The van der Waals surface area contributed by atoms with E-state index in [9.17, 15) is 4.79 Å². The zero-order chi connectivity index (χ0) is 15.4. The van der Waals surface area contributed by atoms with E-state index in [2.05, 4.69) is 25.9 Å². The Balaban J connectivity index is 1.51. The maximum absolute atomic E-state index is 12.0. The molecule has 1 aromatic carbocycles. The van der Waals surface area contributed by atoms with E-state index >= 15 is 0 Å². The average Bonchev–Trinajstić information content (AvgIpc) is 2.95. The summed E-state index contributed by atoms with van der Waals surface area (Å²) >= 11 is 0. The Hall–Kier alpha value is -2.69. The zero-order valence-electron chi connectivity index (χ0n) is 12.5. The van der Waals surface area contributed by atoms with Crippen LogP contribution < -0.4 is 5.32 Å². The summed E-state index contributed by atoms with van der Waals surface area (Å²) in [7, 11) is 0. The summed E-state index contributed by atoms with van der Waals surface area (Å²) < 4.78 is 2.11. The molecule has 0 saturated heterocycles. The Morgan fingerprint density at radius 2 is 2.05 bits per heavy atom. The molecule has 112 valence electrons. The van der Waals surface area contributed by atoms with E-state index in [-0.39, 0.29) is 5.91 Å². The number of hydrogen-bond acceptors (Lipinski definition) is 3. The SMILES string of the molecule is Cc1ccc(C(=O)NCCCn2cnc3ccccc32)cn1. The van der Waals surface area contributed by atoms with Gasteiger partial charge in [-0.15, -0.1) is 0 Å². The third-order valence-corrected chi connectivity index (χ3v) is 3.56. The minimum absolute atomic E-state index is 0.0806. The molecule has 0 saturated carbocycles. The maximum atomic E-state index is 12.0. The van der Waals surface area contributed by atoms with Crippen LogP contribution in [0.4, 0.5) is 0 Å². The predicted octanol–water partition coefficient (Wildman–Crippen LogP) is 2.56. The van der Waals surface area contributed by atoms with Crippen LogP contribution in [0.1, 0.15) is 22.5 Å². The molecule has 0 spiro atoms. The molecule has 0 atom stereocenters. The van der Waals surface area contributed by atoms with Crippen molar-refractivity contribution in [1.29, 1.82) is 0 Å². The van der Waals surface area contributed by atoms with Gasteiger partial charge < -0.3 is 9.88 Å². The van der Waals surface area contributed by atoms with Crippen LogP contribution in [-0.4, -0.2) is 27.0 Å². The molecule has 0 radical (unpaired) electrons. The molecule has 2 aromatic heterocycles. The number of pyridine rings is 1. The van der Waals surface area contributed by atoms with Crippen molar-refractivity contribution < 1.29 is 4.79 Å². The zero-order valence-corrected chi connectivity index (χ0v) is 12.5. The van der Waals surface area contributed by atoms with E-state index < -0.39 is 0 Å². The van der Waals surface area contributed by atoms with Gasteiger partial charge in [0.15, 0.2) is 0 Å². The van der Waals surface area contributed by atoms with Crippen LogP contribution >= 0.6 is 0 Å². The summed E-state index contributed by atoms with van der Waals surface area (Å²) in [6.45, 7) is 3.35. The van der Waals surface area contributed by atoms with Gasteiger partial charge in [0.05, 0.1) is 22.9 Å². The van der Waals surface area contributed by atoms with Gasteiger partial charge in [0.2, 0.25) is 0 Å². The molecule has 0 aliphatic rings. The van der Waals surface area contributed by atoms with Crippen LogP contribution in [-0.2, 0) is 6.54 Å². The maximum Gasteiger partial charge on any atom is 0.252 e. The number of aryl methyl sites for hydroxylation is 2. The Labute approximate surface area is 129 Å². The van der Waals surface area contributed by atoms with Gasteiger partial charge in [-0.05, 0) is 37.6 Å². The highest BCUT2D eigenvalue weighted by Crippen LogP contribution is 2.11. The third kappa shape index (κ3) is 3.14. The number of nitrogens with one attached hydrogen (secondary N) is 1. The smallest absolute Gasteiger partial charge is 0.252 e. The fourth-order valence-corrected chi connectivity index (χ4v) is 2.34. The van der Waals surface area contributed by atoms with Crippen molar-refractivity contribution in [3.63, 3.8) is 0 Å². The topological polar surface area (TPSA) is 59.8 Å². The number of hydrogen-bond donors (Lipinski definition) is 1. The van der Waals surface area contributed by atoms with Crippen LogP contribution in [0.15, 0.2) is 48.9 Å². The molecule has 1 amide bonds. The Morgan fingerprint density at radius 1 is 1.18 bits per heavy atom. The number of nitrogens with zero attached hydrogens (tertiary/aromatic N) is 3. The number of amides is 1. The second-order valence-electron chi connectivity index (χ2n) is 5.22. The first-order valence-electron chi connectivity index (χ1n) is 7.35. The summed E-state index contributed by atoms with van der Waals surface area (Å²) in [5.41, 5.74) is 3.62. The minimum atomic E-state index is -0.0806. The molecule has 0 fully saturated rings. The highest BCUT2D eigenvalue weighted by molar-refractivity contribution is 5.93. The van der Waals surface area contributed by atoms with Gasteiger partial charge >= 0.3 is 0 Å². The first-order chi connectivity index (χ1) is 10.7. The first-order valence-corrected chi connectivity index (χ1v) is 7.35. The van der Waals surface area contributed by atoms with Crippen molar-refractivity contribution in [2.75, 3.05) is 6.54 Å². The van der Waals surface area contributed by atoms with E-state index in [4.69, 9.17) is 0 Å². The van der Waals surface area contributed by atoms with Crippen molar-refractivity contribution in [3.05, 3.63) is 60.2 Å². The largest absolute Gasteiger partial charge is 0.352 e. The Kier molecular flexibility index (Phi) is 4.14. The number of carbonyl (C=O) groups excluding carboxylic acids is 1. The predicted molar refractivity (Wildman–Crippen MR) is 85.7 cm³/mol. The van der Waals surface area contributed by atoms with Gasteiger partial charge in [-0.3, -0.25) is 9.78 Å². The normalized spacial score (nSPS) is 10.8. The number of rotatable bonds is 5. The van der Waals surface area contributed by atoms with Gasteiger partial charge in [-0.1, -0.05) is 12.1 Å². The summed E-state index contributed by atoms with van der Waals surface area (Å²) in [5, 5.41) is 2.92. The molecule has 2 heterocycles. The molecule has 0 unspecified atom stereocenters. The van der Waals surface area contributed by atoms with E-state index in [1.54, 1.807) is 12.3 Å². The van der Waals surface area contributed by atoms with Gasteiger partial charge in [0.1, 0.15) is 0 Å². The van der Waals surface area contributed by atoms with Crippen molar-refractivity contribution >= 4 is 16.9 Å². The van der Waals surface area contributed by atoms with Crippen LogP contribution in [0.3, 0.4) is 0 Å². The molecule has 0 aliphatic heterocycles. The van der Waals surface area contributed by atoms with Crippen LogP contribution in [0.5, 0.6) is 0 Å². The summed E-state index contributed by atoms with van der Waals surface area (Å²) in [6.07, 6.45) is 4.30. The van der Waals surface area contributed by atoms with E-state index in [0.717, 1.165) is 29.7 Å². The van der Waals surface area contributed by atoms with Crippen LogP contribution in [0.25, 0.3) is 11.0 Å². The van der Waals surface area contributed by atoms with Crippen LogP contribution in [0, 0.1) is 6.92 Å². The third-order valence-electron chi connectivity index (χ3n) is 3.56. The van der Waals surface area contributed by atoms with Gasteiger partial charge in [0, 0.05) is 25.0 Å². The monoisotopic (exact) mass is 294 g/mol. The second-order valence-corrected chi connectivity index (χ2v) is 5.22. The van der Waals surface area contributed by atoms with Crippen molar-refractivity contribution in [3.8, 4) is 0 Å². The number of benzene rings is 1. The van der Waals surface area contributed by atoms with Crippen molar-refractivity contribution in [1.82, 2.24) is 19.9 Å². The number of para-hydroxylation sites is 2. The van der Waals surface area contributed by atoms with E-state index in [1.807, 2.05) is 37.5 Å². The average molecular weight is 294 g/mol. The summed E-state index contributed by atoms with van der Waals surface area (Å²) in [6, 6.07) is 11.7. The molecule has 0 aliphatic carbocycles. The molecule has 3 rings (SSSR count). The Morgan fingerprint density at radius 3 is 2.86 bits per heavy atom. The van der Waals surface area contributed by atoms with Gasteiger partial charge in [0.25, 0.3) is 5.91 Å². The van der Waals surface area contributed by atoms with E-state index in [1.165, 1.54) is 0 Å². The number of imidazole rings is 1. The highest BCUT2D eigenvalue weighted by Gasteiger charge is 2.05. The minimum Gasteiger partial charge on any atom is -0.352 e. The molecule has 0 bridgehead atoms. The lowest BCUT2D eigenvalue weighted by Crippen LogP contribution is -2.25. The van der Waals surface area contributed by atoms with Crippen LogP contribution in [0.2, 0.25) is 0 Å². The lowest BCUT2D eigenvalue weighted by Gasteiger charge is -2.07. The molecule has 5 nitrogen and oxygen atoms in total. The molecular weight excluding hydrogens is 276 g/mol. The fraction of sp³-hybridized carbons (Fsp3) is 0.235. The summed E-state index contributed by atoms with van der Waals surface area (Å²) in [4.78, 5) is 20.4. The lowest BCUT2D eigenvalue weighted by atomic mass is 10.2. The van der Waals surface area contributed by atoms with Gasteiger partial charge in [-0.25, -0.2) is 4.98 Å². The molecule has 1 N–H and O–H groups in total. The van der Waals surface area contributed by atoms with Gasteiger partial charge in [-0.2, -0.15) is 0 Å².